The highest BCUT2D eigenvalue weighted by atomic mass is 32.2. The van der Waals surface area contributed by atoms with Gasteiger partial charge in [-0.2, -0.15) is 11.8 Å². The van der Waals surface area contributed by atoms with Crippen molar-refractivity contribution >= 4 is 11.8 Å². The van der Waals surface area contributed by atoms with Crippen LogP contribution in [0.4, 0.5) is 0 Å². The van der Waals surface area contributed by atoms with Gasteiger partial charge in [0.1, 0.15) is 18.5 Å². The normalized spacial score (nSPS) is 14.0. The third-order valence-corrected chi connectivity index (χ3v) is 4.17. The molecule has 0 heterocycles. The lowest BCUT2D eigenvalue weighted by Crippen LogP contribution is -2.36. The molecule has 0 radical (unpaired) electrons. The predicted molar refractivity (Wildman–Crippen MR) is 92.5 cm³/mol. The first-order chi connectivity index (χ1) is 10.0. The predicted octanol–water partition coefficient (Wildman–Crippen LogP) is 3.16. The Kier molecular flexibility index (Phi) is 8.81. The number of benzene rings is 1. The van der Waals surface area contributed by atoms with Gasteiger partial charge in [0.25, 0.3) is 0 Å². The molecule has 0 aliphatic rings. The minimum Gasteiger partial charge on any atom is -0.491 e. The van der Waals surface area contributed by atoms with E-state index in [-0.39, 0.29) is 0 Å². The van der Waals surface area contributed by atoms with Crippen LogP contribution >= 0.6 is 11.8 Å². The lowest BCUT2D eigenvalue weighted by molar-refractivity contribution is 0.104. The van der Waals surface area contributed by atoms with Gasteiger partial charge in [-0.15, -0.1) is 0 Å². The van der Waals surface area contributed by atoms with Crippen LogP contribution in [-0.2, 0) is 0 Å². The third-order valence-electron chi connectivity index (χ3n) is 3.24. The first-order valence-corrected chi connectivity index (χ1v) is 8.87. The maximum Gasteiger partial charge on any atom is 0.119 e. The van der Waals surface area contributed by atoms with Crippen LogP contribution < -0.4 is 10.1 Å². The van der Waals surface area contributed by atoms with Gasteiger partial charge in [-0.1, -0.05) is 13.0 Å². The van der Waals surface area contributed by atoms with E-state index in [1.54, 1.807) is 0 Å². The largest absolute Gasteiger partial charge is 0.491 e. The molecule has 0 bridgehead atoms. The Morgan fingerprint density at radius 3 is 2.52 bits per heavy atom. The van der Waals surface area contributed by atoms with Crippen LogP contribution in [0.3, 0.4) is 0 Å². The van der Waals surface area contributed by atoms with Crippen molar-refractivity contribution in [2.45, 2.75) is 46.3 Å². The molecule has 3 nitrogen and oxygen atoms in total. The van der Waals surface area contributed by atoms with E-state index in [9.17, 15) is 5.11 Å². The molecular weight excluding hydrogens is 282 g/mol. The molecule has 0 aliphatic heterocycles. The minimum absolute atomic E-state index is 0.326. The maximum atomic E-state index is 9.98. The van der Waals surface area contributed by atoms with E-state index in [0.29, 0.717) is 19.2 Å². The summed E-state index contributed by atoms with van der Waals surface area (Å²) in [6.45, 7) is 9.33. The standard InChI is InChI=1S/C17H29NO2S/c1-5-21-7-6-15(4)18-11-16(19)12-20-17-9-13(2)8-14(3)10-17/h8-10,15-16,18-19H,5-7,11-12H2,1-4H3. The Morgan fingerprint density at radius 2 is 1.90 bits per heavy atom. The molecule has 2 N–H and O–H groups in total. The number of ether oxygens (including phenoxy) is 1. The number of aliphatic hydroxyl groups excluding tert-OH is 1. The van der Waals surface area contributed by atoms with Gasteiger partial charge in [-0.3, -0.25) is 0 Å². The van der Waals surface area contributed by atoms with E-state index >= 15 is 0 Å². The van der Waals surface area contributed by atoms with Crippen LogP contribution in [0, 0.1) is 13.8 Å². The zero-order chi connectivity index (χ0) is 15.7. The summed E-state index contributed by atoms with van der Waals surface area (Å²) in [6.07, 6.45) is 0.649. The van der Waals surface area contributed by atoms with E-state index in [1.165, 1.54) is 22.6 Å². The minimum atomic E-state index is -0.480. The van der Waals surface area contributed by atoms with Crippen molar-refractivity contribution in [1.82, 2.24) is 5.32 Å². The molecule has 0 aliphatic carbocycles. The molecule has 21 heavy (non-hydrogen) atoms. The molecule has 1 rings (SSSR count). The van der Waals surface area contributed by atoms with Gasteiger partial charge in [0, 0.05) is 12.6 Å². The molecule has 0 fully saturated rings. The summed E-state index contributed by atoms with van der Waals surface area (Å²) in [5.74, 6) is 3.16. The monoisotopic (exact) mass is 311 g/mol. The molecule has 0 saturated heterocycles. The van der Waals surface area contributed by atoms with Gasteiger partial charge in [0.15, 0.2) is 0 Å². The average Bonchev–Trinajstić information content (AvgIpc) is 2.42. The number of aliphatic hydroxyl groups is 1. The summed E-state index contributed by atoms with van der Waals surface area (Å²) in [6, 6.07) is 6.54. The van der Waals surface area contributed by atoms with Crippen LogP contribution in [-0.4, -0.2) is 41.9 Å². The van der Waals surface area contributed by atoms with E-state index in [1.807, 2.05) is 37.7 Å². The zero-order valence-electron chi connectivity index (χ0n) is 13.7. The summed E-state index contributed by atoms with van der Waals surface area (Å²) in [5, 5.41) is 13.3. The van der Waals surface area contributed by atoms with E-state index < -0.39 is 6.10 Å². The number of hydrogen-bond donors (Lipinski definition) is 2. The first-order valence-electron chi connectivity index (χ1n) is 7.71. The van der Waals surface area contributed by atoms with Crippen LogP contribution in [0.25, 0.3) is 0 Å². The van der Waals surface area contributed by atoms with Crippen molar-refractivity contribution in [3.05, 3.63) is 29.3 Å². The zero-order valence-corrected chi connectivity index (χ0v) is 14.5. The molecule has 2 unspecified atom stereocenters. The SMILES string of the molecule is CCSCCC(C)NCC(O)COc1cc(C)cc(C)c1. The number of nitrogens with one attached hydrogen (secondary N) is 1. The molecule has 0 saturated carbocycles. The quantitative estimate of drug-likeness (QED) is 0.651. The molecule has 120 valence electrons. The van der Waals surface area contributed by atoms with Crippen LogP contribution in [0.15, 0.2) is 18.2 Å². The summed E-state index contributed by atoms with van der Waals surface area (Å²) in [4.78, 5) is 0. The molecule has 0 amide bonds. The average molecular weight is 311 g/mol. The lowest BCUT2D eigenvalue weighted by atomic mass is 10.1. The molecule has 4 heteroatoms. The van der Waals surface area contributed by atoms with Gasteiger partial charge in [-0.05, 0) is 62.0 Å². The highest BCUT2D eigenvalue weighted by molar-refractivity contribution is 7.99. The van der Waals surface area contributed by atoms with E-state index in [4.69, 9.17) is 4.74 Å². The van der Waals surface area contributed by atoms with Gasteiger partial charge in [0.2, 0.25) is 0 Å². The second-order valence-corrected chi connectivity index (χ2v) is 6.98. The number of thioether (sulfide) groups is 1. The third kappa shape index (κ3) is 8.34. The van der Waals surface area contributed by atoms with E-state index in [2.05, 4.69) is 25.2 Å². The van der Waals surface area contributed by atoms with E-state index in [0.717, 1.165) is 12.2 Å². The van der Waals surface area contributed by atoms with Crippen molar-refractivity contribution in [3.8, 4) is 5.75 Å². The fourth-order valence-electron chi connectivity index (χ4n) is 2.11. The molecule has 0 spiro atoms. The Labute approximate surface area is 133 Å². The second-order valence-electron chi connectivity index (χ2n) is 5.58. The Bertz CT molecular complexity index is 392. The van der Waals surface area contributed by atoms with Crippen LogP contribution in [0.1, 0.15) is 31.4 Å². The van der Waals surface area contributed by atoms with Gasteiger partial charge >= 0.3 is 0 Å². The summed E-state index contributed by atoms with van der Waals surface area (Å²) < 4.78 is 5.67. The lowest BCUT2D eigenvalue weighted by Gasteiger charge is -2.17. The number of aryl methyl sites for hydroxylation is 2. The Balaban J connectivity index is 2.22. The van der Waals surface area contributed by atoms with Gasteiger partial charge in [0.05, 0.1) is 0 Å². The van der Waals surface area contributed by atoms with Crippen LogP contribution in [0.2, 0.25) is 0 Å². The Morgan fingerprint density at radius 1 is 1.24 bits per heavy atom. The highest BCUT2D eigenvalue weighted by Gasteiger charge is 2.08. The van der Waals surface area contributed by atoms with Crippen molar-refractivity contribution in [3.63, 3.8) is 0 Å². The molecule has 1 aromatic rings. The first kappa shape index (κ1) is 18.3. The second kappa shape index (κ2) is 10.1. The van der Waals surface area contributed by atoms with Crippen molar-refractivity contribution in [1.29, 1.82) is 0 Å². The van der Waals surface area contributed by atoms with Gasteiger partial charge < -0.3 is 15.2 Å². The fourth-order valence-corrected chi connectivity index (χ4v) is 2.92. The van der Waals surface area contributed by atoms with Crippen molar-refractivity contribution in [2.24, 2.45) is 0 Å². The van der Waals surface area contributed by atoms with Crippen LogP contribution in [0.5, 0.6) is 5.75 Å². The summed E-state index contributed by atoms with van der Waals surface area (Å²) in [5.41, 5.74) is 2.36. The molecule has 1 aromatic carbocycles. The highest BCUT2D eigenvalue weighted by Crippen LogP contribution is 2.16. The maximum absolute atomic E-state index is 9.98. The van der Waals surface area contributed by atoms with Crippen molar-refractivity contribution < 1.29 is 9.84 Å². The molecule has 2 atom stereocenters. The van der Waals surface area contributed by atoms with Gasteiger partial charge in [-0.25, -0.2) is 0 Å². The topological polar surface area (TPSA) is 41.5 Å². The molecule has 0 aromatic heterocycles. The number of rotatable bonds is 10. The summed E-state index contributed by atoms with van der Waals surface area (Å²) in [7, 11) is 0. The Hall–Kier alpha value is -0.710. The fraction of sp³-hybridized carbons (Fsp3) is 0.647. The molecular formula is C17H29NO2S. The van der Waals surface area contributed by atoms with Crippen molar-refractivity contribution in [2.75, 3.05) is 24.7 Å². The summed E-state index contributed by atoms with van der Waals surface area (Å²) >= 11 is 1.95. The smallest absolute Gasteiger partial charge is 0.119 e. The number of hydrogen-bond acceptors (Lipinski definition) is 4.